The molecule has 0 heterocycles. The Morgan fingerprint density at radius 1 is 1.00 bits per heavy atom. The van der Waals surface area contributed by atoms with Crippen LogP contribution in [0.15, 0.2) is 42.5 Å². The van der Waals surface area contributed by atoms with Crippen molar-refractivity contribution in [2.45, 2.75) is 33.1 Å². The predicted octanol–water partition coefficient (Wildman–Crippen LogP) is 4.75. The summed E-state index contributed by atoms with van der Waals surface area (Å²) in [5.41, 5.74) is 6.76. The van der Waals surface area contributed by atoms with E-state index in [0.717, 1.165) is 12.1 Å². The van der Waals surface area contributed by atoms with E-state index in [1.54, 1.807) is 0 Å². The highest BCUT2D eigenvalue weighted by Gasteiger charge is 2.05. The monoisotopic (exact) mass is 253 g/mol. The third-order valence-electron chi connectivity index (χ3n) is 3.68. The van der Waals surface area contributed by atoms with Crippen LogP contribution in [-0.4, -0.2) is 7.05 Å². The fraction of sp³-hybridized carbons (Fsp3) is 0.333. The molecule has 0 aliphatic carbocycles. The summed E-state index contributed by atoms with van der Waals surface area (Å²) in [6, 6.07) is 15.5. The van der Waals surface area contributed by atoms with Gasteiger partial charge in [0.25, 0.3) is 0 Å². The molecule has 1 N–H and O–H groups in total. The SMILES string of the molecule is CNc1ccc(Cc2cc(C(C)C)ccc2C)cc1. The molecule has 1 heteroatoms. The van der Waals surface area contributed by atoms with E-state index >= 15 is 0 Å². The molecule has 0 aliphatic heterocycles. The molecular weight excluding hydrogens is 230 g/mol. The molecule has 0 radical (unpaired) electrons. The maximum atomic E-state index is 3.15. The zero-order chi connectivity index (χ0) is 13.8. The highest BCUT2D eigenvalue weighted by molar-refractivity contribution is 5.45. The van der Waals surface area contributed by atoms with Crippen molar-refractivity contribution >= 4 is 5.69 Å². The number of rotatable bonds is 4. The molecule has 0 aromatic heterocycles. The van der Waals surface area contributed by atoms with Gasteiger partial charge >= 0.3 is 0 Å². The van der Waals surface area contributed by atoms with Gasteiger partial charge in [-0.2, -0.15) is 0 Å². The summed E-state index contributed by atoms with van der Waals surface area (Å²) in [7, 11) is 1.95. The van der Waals surface area contributed by atoms with Crippen LogP contribution in [0.25, 0.3) is 0 Å². The minimum atomic E-state index is 0.589. The van der Waals surface area contributed by atoms with Gasteiger partial charge in [0, 0.05) is 12.7 Å². The summed E-state index contributed by atoms with van der Waals surface area (Å²) >= 11 is 0. The van der Waals surface area contributed by atoms with Crippen molar-refractivity contribution in [2.24, 2.45) is 0 Å². The van der Waals surface area contributed by atoms with Gasteiger partial charge in [-0.3, -0.25) is 0 Å². The van der Waals surface area contributed by atoms with Crippen molar-refractivity contribution < 1.29 is 0 Å². The highest BCUT2D eigenvalue weighted by atomic mass is 14.8. The van der Waals surface area contributed by atoms with Crippen LogP contribution in [-0.2, 0) is 6.42 Å². The summed E-state index contributed by atoms with van der Waals surface area (Å²) < 4.78 is 0. The molecule has 0 atom stereocenters. The van der Waals surface area contributed by atoms with Crippen molar-refractivity contribution in [3.63, 3.8) is 0 Å². The lowest BCUT2D eigenvalue weighted by molar-refractivity contribution is 0.862. The molecule has 0 saturated carbocycles. The average Bonchev–Trinajstić information content (AvgIpc) is 2.42. The molecule has 2 aromatic rings. The lowest BCUT2D eigenvalue weighted by Crippen LogP contribution is -1.96. The number of hydrogen-bond acceptors (Lipinski definition) is 1. The summed E-state index contributed by atoms with van der Waals surface area (Å²) in [5.74, 6) is 0.589. The molecule has 0 bridgehead atoms. The van der Waals surface area contributed by atoms with Crippen LogP contribution in [0.5, 0.6) is 0 Å². The lowest BCUT2D eigenvalue weighted by Gasteiger charge is -2.12. The third kappa shape index (κ3) is 3.37. The molecule has 100 valence electrons. The molecule has 0 fully saturated rings. The van der Waals surface area contributed by atoms with Crippen molar-refractivity contribution in [3.05, 3.63) is 64.7 Å². The largest absolute Gasteiger partial charge is 0.388 e. The first kappa shape index (κ1) is 13.7. The van der Waals surface area contributed by atoms with Gasteiger partial charge in [-0.05, 0) is 53.6 Å². The molecule has 0 amide bonds. The molecule has 2 aromatic carbocycles. The summed E-state index contributed by atoms with van der Waals surface area (Å²) in [5, 5.41) is 3.15. The fourth-order valence-electron chi connectivity index (χ4n) is 2.25. The lowest BCUT2D eigenvalue weighted by atomic mass is 9.94. The van der Waals surface area contributed by atoms with E-state index in [4.69, 9.17) is 0 Å². The van der Waals surface area contributed by atoms with E-state index in [1.807, 2.05) is 7.05 Å². The van der Waals surface area contributed by atoms with Crippen molar-refractivity contribution in [3.8, 4) is 0 Å². The third-order valence-corrected chi connectivity index (χ3v) is 3.68. The highest BCUT2D eigenvalue weighted by Crippen LogP contribution is 2.21. The van der Waals surface area contributed by atoms with E-state index < -0.39 is 0 Å². The minimum absolute atomic E-state index is 0.589. The summed E-state index contributed by atoms with van der Waals surface area (Å²) in [4.78, 5) is 0. The van der Waals surface area contributed by atoms with Crippen LogP contribution >= 0.6 is 0 Å². The molecule has 19 heavy (non-hydrogen) atoms. The van der Waals surface area contributed by atoms with E-state index in [9.17, 15) is 0 Å². The number of nitrogens with one attached hydrogen (secondary N) is 1. The van der Waals surface area contributed by atoms with Crippen LogP contribution in [0.4, 0.5) is 5.69 Å². The normalized spacial score (nSPS) is 10.8. The summed E-state index contributed by atoms with van der Waals surface area (Å²) in [6.45, 7) is 6.69. The van der Waals surface area contributed by atoms with E-state index in [-0.39, 0.29) is 0 Å². The Bertz CT molecular complexity index is 538. The molecule has 2 rings (SSSR count). The zero-order valence-electron chi connectivity index (χ0n) is 12.3. The molecule has 0 unspecified atom stereocenters. The Labute approximate surface area is 116 Å². The first-order valence-corrected chi connectivity index (χ1v) is 6.96. The quantitative estimate of drug-likeness (QED) is 0.829. The number of aryl methyl sites for hydroxylation is 1. The van der Waals surface area contributed by atoms with E-state index in [2.05, 4.69) is 68.6 Å². The Balaban J connectivity index is 2.23. The maximum absolute atomic E-state index is 3.15. The van der Waals surface area contributed by atoms with Gasteiger partial charge in [-0.15, -0.1) is 0 Å². The van der Waals surface area contributed by atoms with Gasteiger partial charge in [0.2, 0.25) is 0 Å². The van der Waals surface area contributed by atoms with Crippen molar-refractivity contribution in [1.29, 1.82) is 0 Å². The van der Waals surface area contributed by atoms with E-state index in [1.165, 1.54) is 22.3 Å². The summed E-state index contributed by atoms with van der Waals surface area (Å²) in [6.07, 6.45) is 1.01. The standard InChI is InChI=1S/C18H23N/c1-13(2)16-8-5-14(3)17(12-16)11-15-6-9-18(19-4)10-7-15/h5-10,12-13,19H,11H2,1-4H3. The first-order valence-electron chi connectivity index (χ1n) is 6.96. The van der Waals surface area contributed by atoms with Crippen LogP contribution in [0.3, 0.4) is 0 Å². The number of anilines is 1. The predicted molar refractivity (Wildman–Crippen MR) is 84.1 cm³/mol. The second-order valence-corrected chi connectivity index (χ2v) is 5.46. The minimum Gasteiger partial charge on any atom is -0.388 e. The fourth-order valence-corrected chi connectivity index (χ4v) is 2.25. The van der Waals surface area contributed by atoms with Crippen LogP contribution in [0.1, 0.15) is 42.0 Å². The molecule has 0 spiro atoms. The maximum Gasteiger partial charge on any atom is 0.0337 e. The topological polar surface area (TPSA) is 12.0 Å². The van der Waals surface area contributed by atoms with Crippen molar-refractivity contribution in [1.82, 2.24) is 0 Å². The zero-order valence-corrected chi connectivity index (χ0v) is 12.3. The van der Waals surface area contributed by atoms with Gasteiger partial charge in [0.1, 0.15) is 0 Å². The first-order chi connectivity index (χ1) is 9.10. The Kier molecular flexibility index (Phi) is 4.26. The Morgan fingerprint density at radius 3 is 2.26 bits per heavy atom. The van der Waals surface area contributed by atoms with E-state index in [0.29, 0.717) is 5.92 Å². The van der Waals surface area contributed by atoms with Crippen LogP contribution in [0.2, 0.25) is 0 Å². The molecule has 1 nitrogen and oxygen atoms in total. The van der Waals surface area contributed by atoms with Gasteiger partial charge in [-0.25, -0.2) is 0 Å². The van der Waals surface area contributed by atoms with Gasteiger partial charge < -0.3 is 5.32 Å². The Morgan fingerprint density at radius 2 is 1.68 bits per heavy atom. The van der Waals surface area contributed by atoms with Gasteiger partial charge in [0.15, 0.2) is 0 Å². The molecular formula is C18H23N. The number of hydrogen-bond donors (Lipinski definition) is 1. The van der Waals surface area contributed by atoms with Crippen LogP contribution in [0, 0.1) is 6.92 Å². The number of benzene rings is 2. The average molecular weight is 253 g/mol. The smallest absolute Gasteiger partial charge is 0.0337 e. The van der Waals surface area contributed by atoms with Gasteiger partial charge in [0.05, 0.1) is 0 Å². The second kappa shape index (κ2) is 5.92. The second-order valence-electron chi connectivity index (χ2n) is 5.46. The Hall–Kier alpha value is -1.76. The molecule has 0 aliphatic rings. The van der Waals surface area contributed by atoms with Crippen molar-refractivity contribution in [2.75, 3.05) is 12.4 Å². The van der Waals surface area contributed by atoms with Crippen LogP contribution < -0.4 is 5.32 Å². The molecule has 0 saturated heterocycles. The van der Waals surface area contributed by atoms with Gasteiger partial charge in [-0.1, -0.05) is 44.2 Å².